The molecular formula is C21H16Cl2N4OS2. The molecule has 2 heterocycles. The minimum absolute atomic E-state index is 0.160. The molecule has 152 valence electrons. The lowest BCUT2D eigenvalue weighted by Gasteiger charge is -2.10. The molecule has 30 heavy (non-hydrogen) atoms. The van der Waals surface area contributed by atoms with Gasteiger partial charge < -0.3 is 5.32 Å². The minimum atomic E-state index is -0.194. The molecule has 4 aromatic rings. The van der Waals surface area contributed by atoms with Crippen molar-refractivity contribution in [3.63, 3.8) is 0 Å². The second-order valence-corrected chi connectivity index (χ2v) is 9.15. The number of aryl methyl sites for hydroxylation is 1. The molecule has 9 heteroatoms. The van der Waals surface area contributed by atoms with Gasteiger partial charge in [-0.2, -0.15) is 0 Å². The van der Waals surface area contributed by atoms with Crippen molar-refractivity contribution < 1.29 is 4.79 Å². The summed E-state index contributed by atoms with van der Waals surface area (Å²) in [6.07, 6.45) is 0. The van der Waals surface area contributed by atoms with Crippen LogP contribution in [-0.2, 0) is 4.79 Å². The van der Waals surface area contributed by atoms with Crippen LogP contribution in [0.5, 0.6) is 0 Å². The Hall–Kier alpha value is -2.32. The third-order valence-electron chi connectivity index (χ3n) is 4.20. The smallest absolute Gasteiger partial charge is 0.234 e. The Morgan fingerprint density at radius 2 is 1.93 bits per heavy atom. The number of halogens is 2. The highest BCUT2D eigenvalue weighted by Crippen LogP contribution is 2.31. The highest BCUT2D eigenvalue weighted by molar-refractivity contribution is 7.99. The van der Waals surface area contributed by atoms with Gasteiger partial charge in [-0.15, -0.1) is 21.5 Å². The topological polar surface area (TPSA) is 59.8 Å². The van der Waals surface area contributed by atoms with Crippen LogP contribution in [0, 0.1) is 6.92 Å². The summed E-state index contributed by atoms with van der Waals surface area (Å²) in [6, 6.07) is 17.0. The third kappa shape index (κ3) is 4.70. The maximum Gasteiger partial charge on any atom is 0.234 e. The number of amides is 1. The summed E-state index contributed by atoms with van der Waals surface area (Å²) in [4.78, 5) is 13.5. The average molecular weight is 475 g/mol. The molecule has 0 aliphatic heterocycles. The summed E-state index contributed by atoms with van der Waals surface area (Å²) in [5, 5.41) is 15.1. The first-order valence-electron chi connectivity index (χ1n) is 8.95. The van der Waals surface area contributed by atoms with Gasteiger partial charge in [-0.05, 0) is 48.7 Å². The Morgan fingerprint density at radius 3 is 2.63 bits per heavy atom. The summed E-state index contributed by atoms with van der Waals surface area (Å²) in [6.45, 7) is 2.04. The van der Waals surface area contributed by atoms with Gasteiger partial charge in [0.05, 0.1) is 21.3 Å². The SMILES string of the molecule is Cc1ccc(-n2c(SCC(=O)Nc3ccc(Cl)cc3Cl)nnc2-c2cccs2)cc1. The van der Waals surface area contributed by atoms with E-state index in [9.17, 15) is 4.79 Å². The Kier molecular flexibility index (Phi) is 6.43. The van der Waals surface area contributed by atoms with Crippen LogP contribution in [0.2, 0.25) is 10.0 Å². The highest BCUT2D eigenvalue weighted by Gasteiger charge is 2.18. The quantitative estimate of drug-likeness (QED) is 0.331. The Balaban J connectivity index is 1.56. The lowest BCUT2D eigenvalue weighted by molar-refractivity contribution is -0.113. The largest absolute Gasteiger partial charge is 0.324 e. The number of nitrogens with zero attached hydrogens (tertiary/aromatic N) is 3. The zero-order chi connectivity index (χ0) is 21.1. The van der Waals surface area contributed by atoms with Crippen molar-refractivity contribution in [2.75, 3.05) is 11.1 Å². The molecule has 2 aromatic carbocycles. The zero-order valence-electron chi connectivity index (χ0n) is 15.8. The van der Waals surface area contributed by atoms with E-state index in [2.05, 4.69) is 15.5 Å². The van der Waals surface area contributed by atoms with Crippen LogP contribution in [0.25, 0.3) is 16.4 Å². The molecule has 0 radical (unpaired) electrons. The summed E-state index contributed by atoms with van der Waals surface area (Å²) in [7, 11) is 0. The second-order valence-electron chi connectivity index (χ2n) is 6.42. The average Bonchev–Trinajstić information content (AvgIpc) is 3.39. The first-order valence-corrected chi connectivity index (χ1v) is 11.6. The molecular weight excluding hydrogens is 459 g/mol. The standard InChI is InChI=1S/C21H16Cl2N4OS2/c1-13-4-7-15(8-5-13)27-20(18-3-2-10-29-18)25-26-21(27)30-12-19(28)24-17-9-6-14(22)11-16(17)23/h2-11H,12H2,1H3,(H,24,28). The Labute approximate surface area is 192 Å². The monoisotopic (exact) mass is 474 g/mol. The molecule has 0 atom stereocenters. The summed E-state index contributed by atoms with van der Waals surface area (Å²) < 4.78 is 1.97. The van der Waals surface area contributed by atoms with E-state index in [0.29, 0.717) is 20.9 Å². The molecule has 4 rings (SSSR count). The van der Waals surface area contributed by atoms with E-state index in [4.69, 9.17) is 23.2 Å². The third-order valence-corrected chi connectivity index (χ3v) is 6.55. The number of carbonyl (C=O) groups is 1. The van der Waals surface area contributed by atoms with E-state index >= 15 is 0 Å². The van der Waals surface area contributed by atoms with Crippen LogP contribution in [0.15, 0.2) is 65.1 Å². The first kappa shape index (κ1) is 20.9. The molecule has 0 aliphatic carbocycles. The van der Waals surface area contributed by atoms with Crippen molar-refractivity contribution in [1.82, 2.24) is 14.8 Å². The van der Waals surface area contributed by atoms with E-state index in [1.165, 1.54) is 11.8 Å². The fourth-order valence-corrected chi connectivity index (χ4v) is 4.67. The number of hydrogen-bond donors (Lipinski definition) is 1. The van der Waals surface area contributed by atoms with E-state index < -0.39 is 0 Å². The molecule has 0 spiro atoms. The number of anilines is 1. The molecule has 1 amide bonds. The number of benzene rings is 2. The van der Waals surface area contributed by atoms with Crippen LogP contribution in [-0.4, -0.2) is 26.4 Å². The van der Waals surface area contributed by atoms with E-state index in [1.54, 1.807) is 29.5 Å². The molecule has 0 unspecified atom stereocenters. The zero-order valence-corrected chi connectivity index (χ0v) is 18.9. The van der Waals surface area contributed by atoms with Crippen molar-refractivity contribution in [2.45, 2.75) is 12.1 Å². The van der Waals surface area contributed by atoms with Gasteiger partial charge in [0, 0.05) is 10.7 Å². The van der Waals surface area contributed by atoms with E-state index in [-0.39, 0.29) is 11.7 Å². The second kappa shape index (κ2) is 9.22. The van der Waals surface area contributed by atoms with Gasteiger partial charge in [-0.1, -0.05) is 58.7 Å². The maximum absolute atomic E-state index is 12.5. The number of thiophene rings is 1. The Morgan fingerprint density at radius 1 is 1.13 bits per heavy atom. The number of rotatable bonds is 6. The maximum atomic E-state index is 12.5. The summed E-state index contributed by atoms with van der Waals surface area (Å²) in [5.74, 6) is 0.714. The van der Waals surface area contributed by atoms with Crippen LogP contribution >= 0.6 is 46.3 Å². The van der Waals surface area contributed by atoms with Crippen LogP contribution < -0.4 is 5.32 Å². The molecule has 5 nitrogen and oxygen atoms in total. The van der Waals surface area contributed by atoms with Gasteiger partial charge in [0.15, 0.2) is 11.0 Å². The van der Waals surface area contributed by atoms with E-state index in [1.807, 2.05) is 53.3 Å². The molecule has 1 N–H and O–H groups in total. The number of hydrogen-bond acceptors (Lipinski definition) is 5. The van der Waals surface area contributed by atoms with Crippen molar-refractivity contribution in [3.8, 4) is 16.4 Å². The molecule has 0 fully saturated rings. The molecule has 2 aromatic heterocycles. The minimum Gasteiger partial charge on any atom is -0.324 e. The van der Waals surface area contributed by atoms with Gasteiger partial charge in [0.25, 0.3) is 0 Å². The highest BCUT2D eigenvalue weighted by atomic mass is 35.5. The van der Waals surface area contributed by atoms with Gasteiger partial charge in [-0.25, -0.2) is 0 Å². The van der Waals surface area contributed by atoms with Crippen LogP contribution in [0.4, 0.5) is 5.69 Å². The lowest BCUT2D eigenvalue weighted by Crippen LogP contribution is -2.15. The fourth-order valence-electron chi connectivity index (χ4n) is 2.76. The molecule has 0 saturated carbocycles. The molecule has 0 aliphatic rings. The molecule has 0 bridgehead atoms. The number of nitrogens with one attached hydrogen (secondary N) is 1. The van der Waals surface area contributed by atoms with Crippen LogP contribution in [0.1, 0.15) is 5.56 Å². The summed E-state index contributed by atoms with van der Waals surface area (Å²) in [5.41, 5.74) is 2.63. The predicted molar refractivity (Wildman–Crippen MR) is 125 cm³/mol. The number of aromatic nitrogens is 3. The van der Waals surface area contributed by atoms with Crippen LogP contribution in [0.3, 0.4) is 0 Å². The van der Waals surface area contributed by atoms with Gasteiger partial charge in [0.2, 0.25) is 5.91 Å². The van der Waals surface area contributed by atoms with Crippen molar-refractivity contribution >= 4 is 57.9 Å². The lowest BCUT2D eigenvalue weighted by atomic mass is 10.2. The van der Waals surface area contributed by atoms with Gasteiger partial charge in [0.1, 0.15) is 0 Å². The van der Waals surface area contributed by atoms with Crippen molar-refractivity contribution in [1.29, 1.82) is 0 Å². The van der Waals surface area contributed by atoms with E-state index in [0.717, 1.165) is 22.0 Å². The summed E-state index contributed by atoms with van der Waals surface area (Å²) >= 11 is 15.0. The van der Waals surface area contributed by atoms with Gasteiger partial charge in [-0.3, -0.25) is 9.36 Å². The van der Waals surface area contributed by atoms with Gasteiger partial charge >= 0.3 is 0 Å². The van der Waals surface area contributed by atoms with Crippen molar-refractivity contribution in [2.24, 2.45) is 0 Å². The van der Waals surface area contributed by atoms with Crippen molar-refractivity contribution in [3.05, 3.63) is 75.6 Å². The number of carbonyl (C=O) groups excluding carboxylic acids is 1. The molecule has 0 saturated heterocycles. The Bertz CT molecular complexity index is 1170. The first-order chi connectivity index (χ1) is 14.5. The fraction of sp³-hybridized carbons (Fsp3) is 0.0952. The normalized spacial score (nSPS) is 10.9. The predicted octanol–water partition coefficient (Wildman–Crippen LogP) is 6.34. The number of thioether (sulfide) groups is 1.